The van der Waals surface area contributed by atoms with Gasteiger partial charge in [0.1, 0.15) is 5.76 Å². The van der Waals surface area contributed by atoms with E-state index in [2.05, 4.69) is 26.2 Å². The lowest BCUT2D eigenvalue weighted by molar-refractivity contribution is -0.120. The molecule has 1 aliphatic carbocycles. The molecule has 0 unspecified atom stereocenters. The number of oxazole rings is 1. The van der Waals surface area contributed by atoms with Gasteiger partial charge in [0, 0.05) is 16.6 Å². The second-order valence-electron chi connectivity index (χ2n) is 6.16. The fourth-order valence-electron chi connectivity index (χ4n) is 3.02. The summed E-state index contributed by atoms with van der Waals surface area (Å²) in [6.07, 6.45) is 5.32. The van der Waals surface area contributed by atoms with E-state index in [1.165, 1.54) is 25.7 Å². The Morgan fingerprint density at radius 3 is 2.91 bits per heavy atom. The van der Waals surface area contributed by atoms with Crippen LogP contribution in [0.2, 0.25) is 0 Å². The molecule has 1 heterocycles. The third kappa shape index (κ3) is 4.22. The number of aryl methyl sites for hydroxylation is 1. The number of benzene rings is 1. The van der Waals surface area contributed by atoms with Gasteiger partial charge in [-0.25, -0.2) is 4.98 Å². The van der Waals surface area contributed by atoms with Gasteiger partial charge in [0.05, 0.1) is 12.1 Å². The molecule has 0 saturated heterocycles. The van der Waals surface area contributed by atoms with Crippen molar-refractivity contribution in [3.8, 4) is 11.5 Å². The first-order valence-corrected chi connectivity index (χ1v) is 8.90. The summed E-state index contributed by atoms with van der Waals surface area (Å²) in [4.78, 5) is 16.6. The van der Waals surface area contributed by atoms with E-state index in [0.29, 0.717) is 23.3 Å². The third-order valence-electron chi connectivity index (χ3n) is 4.35. The number of nitrogens with zero attached hydrogens (tertiary/aromatic N) is 1. The zero-order valence-electron chi connectivity index (χ0n) is 13.3. The van der Waals surface area contributed by atoms with Crippen molar-refractivity contribution in [3.63, 3.8) is 0 Å². The fraction of sp³-hybridized carbons (Fsp3) is 0.444. The zero-order chi connectivity index (χ0) is 16.2. The van der Waals surface area contributed by atoms with Crippen molar-refractivity contribution in [2.24, 2.45) is 5.92 Å². The van der Waals surface area contributed by atoms with E-state index in [4.69, 9.17) is 4.42 Å². The van der Waals surface area contributed by atoms with Crippen molar-refractivity contribution in [1.82, 2.24) is 10.3 Å². The van der Waals surface area contributed by atoms with E-state index in [0.717, 1.165) is 16.6 Å². The molecule has 1 aromatic carbocycles. The largest absolute Gasteiger partial charge is 0.441 e. The molecule has 1 fully saturated rings. The van der Waals surface area contributed by atoms with Gasteiger partial charge in [-0.1, -0.05) is 34.8 Å². The van der Waals surface area contributed by atoms with E-state index in [9.17, 15) is 4.79 Å². The molecular formula is C18H21BrN2O2. The van der Waals surface area contributed by atoms with Crippen LogP contribution in [0.25, 0.3) is 11.5 Å². The number of carbonyl (C=O) groups is 1. The normalized spacial score (nSPS) is 15.0. The molecule has 2 aromatic rings. The Bertz CT molecular complexity index is 690. The van der Waals surface area contributed by atoms with Crippen LogP contribution in [0.15, 0.2) is 33.2 Å². The number of carbonyl (C=O) groups excluding carboxylic acids is 1. The first-order chi connectivity index (χ1) is 11.1. The lowest BCUT2D eigenvalue weighted by Crippen LogP contribution is -2.29. The molecular weight excluding hydrogens is 356 g/mol. The second kappa shape index (κ2) is 7.30. The number of aromatic nitrogens is 1. The maximum atomic E-state index is 12.1. The van der Waals surface area contributed by atoms with Gasteiger partial charge in [-0.15, -0.1) is 0 Å². The van der Waals surface area contributed by atoms with Crippen molar-refractivity contribution < 1.29 is 9.21 Å². The number of rotatable bonds is 5. The van der Waals surface area contributed by atoms with Crippen LogP contribution in [-0.2, 0) is 11.2 Å². The average Bonchev–Trinajstić information content (AvgIpc) is 3.16. The molecule has 4 nitrogen and oxygen atoms in total. The van der Waals surface area contributed by atoms with E-state index in [1.807, 2.05) is 31.2 Å². The monoisotopic (exact) mass is 376 g/mol. The maximum absolute atomic E-state index is 12.1. The Labute approximate surface area is 144 Å². The first kappa shape index (κ1) is 16.2. The Morgan fingerprint density at radius 2 is 2.17 bits per heavy atom. The first-order valence-electron chi connectivity index (χ1n) is 8.11. The van der Waals surface area contributed by atoms with Crippen LogP contribution >= 0.6 is 15.9 Å². The molecule has 1 amide bonds. The molecule has 5 heteroatoms. The topological polar surface area (TPSA) is 55.1 Å². The van der Waals surface area contributed by atoms with Gasteiger partial charge < -0.3 is 9.73 Å². The maximum Gasteiger partial charge on any atom is 0.226 e. The van der Waals surface area contributed by atoms with Gasteiger partial charge in [0.25, 0.3) is 0 Å². The molecule has 0 atom stereocenters. The van der Waals surface area contributed by atoms with Crippen LogP contribution in [0, 0.1) is 12.8 Å². The Morgan fingerprint density at radius 1 is 1.39 bits per heavy atom. The van der Waals surface area contributed by atoms with Crippen LogP contribution in [0.1, 0.15) is 37.1 Å². The standard InChI is InChI=1S/C18H21BrN2O2/c1-12-16(10-17(22)20-11-13-5-2-3-6-13)21-18(23-12)14-7-4-8-15(19)9-14/h4,7-9,13H,2-3,5-6,10-11H2,1H3,(H,20,22). The molecule has 122 valence electrons. The predicted molar refractivity (Wildman–Crippen MR) is 93.0 cm³/mol. The molecule has 23 heavy (non-hydrogen) atoms. The fourth-order valence-corrected chi connectivity index (χ4v) is 3.42. The molecule has 1 aromatic heterocycles. The minimum absolute atomic E-state index is 0.0223. The smallest absolute Gasteiger partial charge is 0.226 e. The van der Waals surface area contributed by atoms with Gasteiger partial charge in [0.2, 0.25) is 11.8 Å². The molecule has 1 aliphatic rings. The van der Waals surface area contributed by atoms with E-state index in [1.54, 1.807) is 0 Å². The van der Waals surface area contributed by atoms with Gasteiger partial charge in [-0.2, -0.15) is 0 Å². The molecule has 0 aliphatic heterocycles. The average molecular weight is 377 g/mol. The minimum atomic E-state index is 0.0223. The summed E-state index contributed by atoms with van der Waals surface area (Å²) < 4.78 is 6.70. The molecule has 0 radical (unpaired) electrons. The highest BCUT2D eigenvalue weighted by molar-refractivity contribution is 9.10. The van der Waals surface area contributed by atoms with Crippen molar-refractivity contribution in [2.45, 2.75) is 39.0 Å². The van der Waals surface area contributed by atoms with Gasteiger partial charge in [0.15, 0.2) is 0 Å². The summed E-state index contributed by atoms with van der Waals surface area (Å²) in [7, 11) is 0. The molecule has 1 N–H and O–H groups in total. The van der Waals surface area contributed by atoms with Crippen molar-refractivity contribution >= 4 is 21.8 Å². The second-order valence-corrected chi connectivity index (χ2v) is 7.08. The van der Waals surface area contributed by atoms with Crippen LogP contribution in [0.4, 0.5) is 0 Å². The summed E-state index contributed by atoms with van der Waals surface area (Å²) in [6, 6.07) is 7.79. The highest BCUT2D eigenvalue weighted by atomic mass is 79.9. The quantitative estimate of drug-likeness (QED) is 0.847. The SMILES string of the molecule is Cc1oc(-c2cccc(Br)c2)nc1CC(=O)NCC1CCCC1. The van der Waals surface area contributed by atoms with Crippen molar-refractivity contribution in [3.05, 3.63) is 40.2 Å². The van der Waals surface area contributed by atoms with Crippen LogP contribution in [0.3, 0.4) is 0 Å². The molecule has 0 bridgehead atoms. The van der Waals surface area contributed by atoms with Crippen LogP contribution in [0.5, 0.6) is 0 Å². The van der Waals surface area contributed by atoms with Gasteiger partial charge in [-0.05, 0) is 43.9 Å². The highest BCUT2D eigenvalue weighted by Gasteiger charge is 2.18. The number of amides is 1. The van der Waals surface area contributed by atoms with E-state index < -0.39 is 0 Å². The Balaban J connectivity index is 1.62. The lowest BCUT2D eigenvalue weighted by atomic mass is 10.1. The molecule has 3 rings (SSSR count). The zero-order valence-corrected chi connectivity index (χ0v) is 14.9. The van der Waals surface area contributed by atoms with Crippen molar-refractivity contribution in [1.29, 1.82) is 0 Å². The third-order valence-corrected chi connectivity index (χ3v) is 4.85. The summed E-state index contributed by atoms with van der Waals surface area (Å²) in [5, 5.41) is 3.03. The summed E-state index contributed by atoms with van der Waals surface area (Å²) in [5.41, 5.74) is 1.61. The van der Waals surface area contributed by atoms with Crippen LogP contribution < -0.4 is 5.32 Å². The summed E-state index contributed by atoms with van der Waals surface area (Å²) in [6.45, 7) is 2.64. The van der Waals surface area contributed by atoms with Gasteiger partial charge in [-0.3, -0.25) is 4.79 Å². The number of hydrogen-bond acceptors (Lipinski definition) is 3. The van der Waals surface area contributed by atoms with Gasteiger partial charge >= 0.3 is 0 Å². The minimum Gasteiger partial charge on any atom is -0.441 e. The van der Waals surface area contributed by atoms with E-state index >= 15 is 0 Å². The highest BCUT2D eigenvalue weighted by Crippen LogP contribution is 2.25. The Kier molecular flexibility index (Phi) is 5.16. The molecule has 0 spiro atoms. The number of hydrogen-bond donors (Lipinski definition) is 1. The van der Waals surface area contributed by atoms with E-state index in [-0.39, 0.29) is 12.3 Å². The number of halogens is 1. The van der Waals surface area contributed by atoms with Crippen LogP contribution in [-0.4, -0.2) is 17.4 Å². The summed E-state index contributed by atoms with van der Waals surface area (Å²) in [5.74, 6) is 1.93. The van der Waals surface area contributed by atoms with Crippen molar-refractivity contribution in [2.75, 3.05) is 6.54 Å². The lowest BCUT2D eigenvalue weighted by Gasteiger charge is -2.09. The number of nitrogens with one attached hydrogen (secondary N) is 1. The molecule has 1 saturated carbocycles. The Hall–Kier alpha value is -1.62. The summed E-state index contributed by atoms with van der Waals surface area (Å²) >= 11 is 3.44. The predicted octanol–water partition coefficient (Wildman–Crippen LogP) is 4.26.